The fraction of sp³-hybridized carbons (Fsp3) is 0.265. The third-order valence-corrected chi connectivity index (χ3v) is 7.38. The minimum Gasteiger partial charge on any atom is -0.494 e. The molecule has 2 heterocycles. The van der Waals surface area contributed by atoms with Crippen LogP contribution in [0.4, 0.5) is 0 Å². The van der Waals surface area contributed by atoms with E-state index in [0.29, 0.717) is 23.3 Å². The number of hydrogen-bond donors (Lipinski definition) is 0. The highest BCUT2D eigenvalue weighted by atomic mass is 16.5. The van der Waals surface area contributed by atoms with E-state index in [-0.39, 0.29) is 11.5 Å². The summed E-state index contributed by atoms with van der Waals surface area (Å²) in [7, 11) is 0. The number of benzene rings is 3. The summed E-state index contributed by atoms with van der Waals surface area (Å²) >= 11 is 0. The highest BCUT2D eigenvalue weighted by Crippen LogP contribution is 2.34. The number of aryl methyl sites for hydroxylation is 2. The maximum absolute atomic E-state index is 13.8. The van der Waals surface area contributed by atoms with Crippen molar-refractivity contribution < 1.29 is 4.74 Å². The van der Waals surface area contributed by atoms with Crippen molar-refractivity contribution in [1.82, 2.24) is 14.2 Å². The fourth-order valence-electron chi connectivity index (χ4n) is 5.16. The summed E-state index contributed by atoms with van der Waals surface area (Å²) in [5, 5.41) is 5.30. The molecule has 0 aliphatic carbocycles. The summed E-state index contributed by atoms with van der Waals surface area (Å²) < 4.78 is 9.66. The van der Waals surface area contributed by atoms with Crippen molar-refractivity contribution in [3.8, 4) is 17.1 Å². The van der Waals surface area contributed by atoms with E-state index in [0.717, 1.165) is 45.9 Å². The lowest BCUT2D eigenvalue weighted by atomic mass is 9.96. The summed E-state index contributed by atoms with van der Waals surface area (Å²) in [6.45, 7) is 13.8. The summed E-state index contributed by atoms with van der Waals surface area (Å²) in [5.41, 5.74) is 7.78. The van der Waals surface area contributed by atoms with E-state index < -0.39 is 0 Å². The van der Waals surface area contributed by atoms with Crippen molar-refractivity contribution >= 4 is 17.1 Å². The van der Waals surface area contributed by atoms with Gasteiger partial charge < -0.3 is 9.30 Å². The van der Waals surface area contributed by atoms with Gasteiger partial charge in [0.05, 0.1) is 23.7 Å². The number of fused-ring (bicyclic) bond motifs is 1. The van der Waals surface area contributed by atoms with Gasteiger partial charge in [-0.05, 0) is 80.6 Å². The fourth-order valence-corrected chi connectivity index (χ4v) is 5.16. The van der Waals surface area contributed by atoms with E-state index in [1.165, 1.54) is 10.2 Å². The molecule has 2 aromatic heterocycles. The van der Waals surface area contributed by atoms with E-state index >= 15 is 0 Å². The van der Waals surface area contributed by atoms with Crippen molar-refractivity contribution in [3.05, 3.63) is 117 Å². The number of ether oxygens (including phenoxy) is 1. The molecule has 0 saturated heterocycles. The summed E-state index contributed by atoms with van der Waals surface area (Å²) in [5.74, 6) is 1.61. The van der Waals surface area contributed by atoms with Crippen LogP contribution in [0.3, 0.4) is 0 Å². The first-order valence-electron chi connectivity index (χ1n) is 13.8. The van der Waals surface area contributed by atoms with Crippen LogP contribution >= 0.6 is 0 Å². The second kappa shape index (κ2) is 11.3. The molecule has 5 aromatic rings. The van der Waals surface area contributed by atoms with Gasteiger partial charge in [0.1, 0.15) is 5.75 Å². The van der Waals surface area contributed by atoms with E-state index in [1.807, 2.05) is 44.2 Å². The Labute approximate surface area is 235 Å². The van der Waals surface area contributed by atoms with Gasteiger partial charge in [-0.1, -0.05) is 56.3 Å². The Hall–Kier alpha value is -4.45. The minimum absolute atomic E-state index is 0.200. The van der Waals surface area contributed by atoms with Crippen molar-refractivity contribution in [1.29, 1.82) is 0 Å². The maximum atomic E-state index is 13.8. The smallest absolute Gasteiger partial charge is 0.282 e. The van der Waals surface area contributed by atoms with Crippen LogP contribution < -0.4 is 10.3 Å². The molecule has 0 atom stereocenters. The largest absolute Gasteiger partial charge is 0.494 e. The molecular weight excluding hydrogens is 496 g/mol. The Kier molecular flexibility index (Phi) is 7.69. The first-order valence-corrected chi connectivity index (χ1v) is 13.8. The second-order valence-electron chi connectivity index (χ2n) is 10.5. The molecule has 0 radical (unpaired) electrons. The average Bonchev–Trinajstić information content (AvgIpc) is 3.20. The normalized spacial score (nSPS) is 11.7. The highest BCUT2D eigenvalue weighted by molar-refractivity contribution is 5.83. The van der Waals surface area contributed by atoms with Crippen molar-refractivity contribution in [2.75, 3.05) is 6.61 Å². The summed E-state index contributed by atoms with van der Waals surface area (Å²) in [6, 6.07) is 24.1. The molecule has 3 aromatic carbocycles. The maximum Gasteiger partial charge on any atom is 0.282 e. The molecule has 0 unspecified atom stereocenters. The highest BCUT2D eigenvalue weighted by Gasteiger charge is 2.19. The zero-order chi connectivity index (χ0) is 28.4. The van der Waals surface area contributed by atoms with Gasteiger partial charge in [0.15, 0.2) is 5.82 Å². The molecule has 0 spiro atoms. The molecular formula is C34H36N4O2. The zero-order valence-electron chi connectivity index (χ0n) is 24.1. The molecule has 0 N–H and O–H groups in total. The quantitative estimate of drug-likeness (QED) is 0.198. The third kappa shape index (κ3) is 5.22. The van der Waals surface area contributed by atoms with Crippen LogP contribution in [0.2, 0.25) is 0 Å². The lowest BCUT2D eigenvalue weighted by Crippen LogP contribution is -2.21. The van der Waals surface area contributed by atoms with Gasteiger partial charge in [-0.3, -0.25) is 4.79 Å². The molecule has 40 heavy (non-hydrogen) atoms. The van der Waals surface area contributed by atoms with Gasteiger partial charge in [0.25, 0.3) is 5.56 Å². The van der Waals surface area contributed by atoms with Crippen LogP contribution in [0.5, 0.6) is 5.75 Å². The van der Waals surface area contributed by atoms with E-state index in [4.69, 9.17) is 14.8 Å². The van der Waals surface area contributed by atoms with Crippen LogP contribution in [0, 0.1) is 20.8 Å². The third-order valence-electron chi connectivity index (χ3n) is 7.38. The standard InChI is InChI=1S/C34H36N4O2/c1-7-40-32-17-23(4)30(19-29(32)22(2)3)33-36-31-16-12-11-15-28(31)34(39)38(33)35-20-27-18-24(5)37(25(27)6)21-26-13-9-8-10-14-26/h8-20,22H,7,21H2,1-6H3. The summed E-state index contributed by atoms with van der Waals surface area (Å²) in [6.07, 6.45) is 1.78. The van der Waals surface area contributed by atoms with Crippen molar-refractivity contribution in [3.63, 3.8) is 0 Å². The Morgan fingerprint density at radius 2 is 1.70 bits per heavy atom. The van der Waals surface area contributed by atoms with Gasteiger partial charge in [0, 0.05) is 29.1 Å². The summed E-state index contributed by atoms with van der Waals surface area (Å²) in [4.78, 5) is 18.8. The molecule has 5 rings (SSSR count). The zero-order valence-corrected chi connectivity index (χ0v) is 24.1. The first kappa shape index (κ1) is 27.1. The number of para-hydroxylation sites is 1. The first-order chi connectivity index (χ1) is 19.3. The van der Waals surface area contributed by atoms with E-state index in [9.17, 15) is 4.79 Å². The van der Waals surface area contributed by atoms with Crippen LogP contribution in [-0.4, -0.2) is 27.0 Å². The Bertz CT molecular complexity index is 1760. The topological polar surface area (TPSA) is 61.4 Å². The van der Waals surface area contributed by atoms with Gasteiger partial charge in [-0.2, -0.15) is 9.78 Å². The van der Waals surface area contributed by atoms with Crippen molar-refractivity contribution in [2.45, 2.75) is 54.0 Å². The molecule has 0 bridgehead atoms. The number of aromatic nitrogens is 3. The minimum atomic E-state index is -0.200. The lowest BCUT2D eigenvalue weighted by molar-refractivity contribution is 0.335. The molecule has 6 nitrogen and oxygen atoms in total. The average molecular weight is 533 g/mol. The molecule has 0 saturated carbocycles. The van der Waals surface area contributed by atoms with E-state index in [1.54, 1.807) is 12.3 Å². The van der Waals surface area contributed by atoms with Gasteiger partial charge in [0.2, 0.25) is 0 Å². The monoisotopic (exact) mass is 532 g/mol. The molecule has 204 valence electrons. The predicted molar refractivity (Wildman–Crippen MR) is 164 cm³/mol. The van der Waals surface area contributed by atoms with Crippen LogP contribution in [0.1, 0.15) is 60.3 Å². The van der Waals surface area contributed by atoms with Crippen LogP contribution in [0.15, 0.2) is 82.7 Å². The molecule has 0 aliphatic rings. The Morgan fingerprint density at radius 3 is 2.42 bits per heavy atom. The number of rotatable bonds is 8. The van der Waals surface area contributed by atoms with Crippen molar-refractivity contribution in [2.24, 2.45) is 5.10 Å². The van der Waals surface area contributed by atoms with Gasteiger partial charge in [-0.15, -0.1) is 0 Å². The Balaban J connectivity index is 1.66. The predicted octanol–water partition coefficient (Wildman–Crippen LogP) is 7.24. The molecule has 0 aliphatic heterocycles. The molecule has 0 amide bonds. The van der Waals surface area contributed by atoms with Gasteiger partial charge in [-0.25, -0.2) is 4.98 Å². The van der Waals surface area contributed by atoms with Crippen LogP contribution in [-0.2, 0) is 6.54 Å². The second-order valence-corrected chi connectivity index (χ2v) is 10.5. The Morgan fingerprint density at radius 1 is 0.975 bits per heavy atom. The molecule has 0 fully saturated rings. The number of nitrogens with zero attached hydrogens (tertiary/aromatic N) is 4. The lowest BCUT2D eigenvalue weighted by Gasteiger charge is -2.18. The number of hydrogen-bond acceptors (Lipinski definition) is 4. The SMILES string of the molecule is CCOc1cc(C)c(-c2nc3ccccc3c(=O)n2N=Cc2cc(C)n(Cc3ccccc3)c2C)cc1C(C)C. The van der Waals surface area contributed by atoms with Gasteiger partial charge >= 0.3 is 0 Å². The van der Waals surface area contributed by atoms with Crippen LogP contribution in [0.25, 0.3) is 22.3 Å². The molecule has 6 heteroatoms. The van der Waals surface area contributed by atoms with E-state index in [2.05, 4.69) is 68.7 Å².